The van der Waals surface area contributed by atoms with Gasteiger partial charge in [-0.25, -0.2) is 13.8 Å². The lowest BCUT2D eigenvalue weighted by Crippen LogP contribution is -2.42. The Bertz CT molecular complexity index is 616. The summed E-state index contributed by atoms with van der Waals surface area (Å²) in [5, 5.41) is 4.84. The lowest BCUT2D eigenvalue weighted by atomic mass is 10.2. The van der Waals surface area contributed by atoms with Crippen molar-refractivity contribution in [3.05, 3.63) is 52.0 Å². The van der Waals surface area contributed by atoms with Crippen LogP contribution in [0.3, 0.4) is 0 Å². The first kappa shape index (κ1) is 16.5. The molecule has 2 rings (SSSR count). The fraction of sp³-hybridized carbons (Fsp3) is 0.333. The van der Waals surface area contributed by atoms with Crippen LogP contribution in [0.15, 0.2) is 35.7 Å². The maximum Gasteiger partial charge on any atom is 0.277 e. The molecule has 0 aliphatic rings. The molecule has 1 amide bonds. The van der Waals surface area contributed by atoms with Crippen LogP contribution in [0.4, 0.5) is 8.78 Å². The van der Waals surface area contributed by atoms with Gasteiger partial charge in [-0.15, -0.1) is 11.3 Å². The normalized spacial score (nSPS) is 11.4. The molecule has 0 radical (unpaired) electrons. The molecule has 0 bridgehead atoms. The highest BCUT2D eigenvalue weighted by atomic mass is 32.1. The van der Waals surface area contributed by atoms with E-state index in [1.807, 2.05) is 30.3 Å². The third-order valence-corrected chi connectivity index (χ3v) is 3.88. The van der Waals surface area contributed by atoms with E-state index >= 15 is 0 Å². The predicted octanol–water partition coefficient (Wildman–Crippen LogP) is 1.99. The molecule has 22 heavy (non-hydrogen) atoms. The van der Waals surface area contributed by atoms with E-state index in [0.717, 1.165) is 10.6 Å². The van der Waals surface area contributed by atoms with Gasteiger partial charge in [0.1, 0.15) is 0 Å². The Hall–Kier alpha value is -1.86. The minimum Gasteiger partial charge on any atom is -0.350 e. The summed E-state index contributed by atoms with van der Waals surface area (Å²) in [7, 11) is 0. The molecule has 118 valence electrons. The van der Waals surface area contributed by atoms with Gasteiger partial charge in [0.25, 0.3) is 5.92 Å². The van der Waals surface area contributed by atoms with Gasteiger partial charge in [0.05, 0.1) is 30.2 Å². The van der Waals surface area contributed by atoms with Crippen LogP contribution in [-0.4, -0.2) is 29.9 Å². The van der Waals surface area contributed by atoms with Crippen LogP contribution in [0.5, 0.6) is 0 Å². The molecular weight excluding hydrogens is 308 g/mol. The van der Waals surface area contributed by atoms with Crippen LogP contribution in [0, 0.1) is 0 Å². The van der Waals surface area contributed by atoms with Gasteiger partial charge in [0.15, 0.2) is 0 Å². The highest BCUT2D eigenvalue weighted by Gasteiger charge is 2.27. The summed E-state index contributed by atoms with van der Waals surface area (Å²) in [6.45, 7) is -1.53. The maximum absolute atomic E-state index is 12.9. The number of amides is 1. The molecule has 0 atom stereocenters. The number of carbonyl (C=O) groups is 1. The van der Waals surface area contributed by atoms with Crippen molar-refractivity contribution in [3.63, 3.8) is 0 Å². The van der Waals surface area contributed by atoms with Crippen LogP contribution in [0.2, 0.25) is 0 Å². The van der Waals surface area contributed by atoms with Gasteiger partial charge >= 0.3 is 0 Å². The second-order valence-electron chi connectivity index (χ2n) is 4.91. The van der Waals surface area contributed by atoms with Crippen LogP contribution in [0.1, 0.15) is 16.3 Å². The number of hydrogen-bond donors (Lipinski definition) is 2. The van der Waals surface area contributed by atoms with Crippen molar-refractivity contribution in [2.75, 3.05) is 13.1 Å². The van der Waals surface area contributed by atoms with E-state index in [1.165, 1.54) is 11.3 Å². The maximum atomic E-state index is 12.9. The average molecular weight is 325 g/mol. The van der Waals surface area contributed by atoms with E-state index in [9.17, 15) is 13.6 Å². The fourth-order valence-electron chi connectivity index (χ4n) is 1.81. The average Bonchev–Trinajstić information content (AvgIpc) is 2.93. The van der Waals surface area contributed by atoms with Crippen molar-refractivity contribution < 1.29 is 13.6 Å². The molecule has 1 aromatic carbocycles. The molecule has 2 aromatic rings. The zero-order valence-electron chi connectivity index (χ0n) is 11.9. The number of hydrogen-bond acceptors (Lipinski definition) is 4. The smallest absolute Gasteiger partial charge is 0.277 e. The van der Waals surface area contributed by atoms with E-state index in [1.54, 1.807) is 5.38 Å². The second kappa shape index (κ2) is 7.42. The Labute approximate surface area is 131 Å². The number of aromatic nitrogens is 1. The topological polar surface area (TPSA) is 68.0 Å². The molecule has 3 N–H and O–H groups in total. The minimum absolute atomic E-state index is 0.00799. The zero-order valence-corrected chi connectivity index (χ0v) is 12.7. The number of nitrogens with zero attached hydrogens (tertiary/aromatic N) is 1. The van der Waals surface area contributed by atoms with Gasteiger partial charge in [0, 0.05) is 11.8 Å². The van der Waals surface area contributed by atoms with Crippen molar-refractivity contribution in [3.8, 4) is 0 Å². The monoisotopic (exact) mass is 325 g/mol. The summed E-state index contributed by atoms with van der Waals surface area (Å²) in [5.74, 6) is -3.55. The summed E-state index contributed by atoms with van der Waals surface area (Å²) >= 11 is 1.46. The molecule has 0 saturated carbocycles. The Balaban J connectivity index is 1.85. The fourth-order valence-corrected chi connectivity index (χ4v) is 2.64. The van der Waals surface area contributed by atoms with Crippen molar-refractivity contribution in [2.45, 2.75) is 18.8 Å². The number of carbonyl (C=O) groups excluding carboxylic acids is 1. The first-order chi connectivity index (χ1) is 10.5. The Morgan fingerprint density at radius 1 is 1.32 bits per heavy atom. The van der Waals surface area contributed by atoms with Gasteiger partial charge in [0.2, 0.25) is 5.91 Å². The molecule has 0 aliphatic heterocycles. The molecule has 0 unspecified atom stereocenters. The van der Waals surface area contributed by atoms with Crippen molar-refractivity contribution in [1.29, 1.82) is 0 Å². The first-order valence-electron chi connectivity index (χ1n) is 6.80. The predicted molar refractivity (Wildman–Crippen MR) is 82.1 cm³/mol. The number of benzene rings is 1. The molecule has 0 fully saturated rings. The Morgan fingerprint density at radius 2 is 2.05 bits per heavy atom. The number of nitrogens with two attached hydrogens (primary N) is 1. The van der Waals surface area contributed by atoms with Crippen molar-refractivity contribution >= 4 is 17.2 Å². The van der Waals surface area contributed by atoms with Gasteiger partial charge in [-0.2, -0.15) is 0 Å². The largest absolute Gasteiger partial charge is 0.350 e. The highest BCUT2D eigenvalue weighted by Crippen LogP contribution is 2.15. The number of rotatable bonds is 7. The minimum atomic E-state index is -3.07. The summed E-state index contributed by atoms with van der Waals surface area (Å²) in [6.07, 6.45) is 0.685. The summed E-state index contributed by atoms with van der Waals surface area (Å²) < 4.78 is 25.9. The molecule has 0 saturated heterocycles. The standard InChI is InChI=1S/C15H17F2N3OS/c16-15(17,9-18)10-19-13(21)7-12-8-22-14(20-12)6-11-4-2-1-3-5-11/h1-5,8H,6-7,9-10,18H2,(H,19,21). The van der Waals surface area contributed by atoms with Crippen molar-refractivity contribution in [2.24, 2.45) is 5.73 Å². The van der Waals surface area contributed by atoms with Crippen LogP contribution in [-0.2, 0) is 17.6 Å². The van der Waals surface area contributed by atoms with Crippen LogP contribution in [0.25, 0.3) is 0 Å². The number of alkyl halides is 2. The van der Waals surface area contributed by atoms with E-state index < -0.39 is 24.9 Å². The van der Waals surface area contributed by atoms with Gasteiger partial charge < -0.3 is 11.1 Å². The highest BCUT2D eigenvalue weighted by molar-refractivity contribution is 7.09. The molecule has 1 heterocycles. The number of halogens is 2. The SMILES string of the molecule is NCC(F)(F)CNC(=O)Cc1csc(Cc2ccccc2)n1. The quantitative estimate of drug-likeness (QED) is 0.818. The Kier molecular flexibility index (Phi) is 5.57. The van der Waals surface area contributed by atoms with Gasteiger partial charge in [-0.3, -0.25) is 4.79 Å². The molecule has 0 spiro atoms. The third kappa shape index (κ3) is 5.16. The summed E-state index contributed by atoms with van der Waals surface area (Å²) in [5.41, 5.74) is 6.63. The van der Waals surface area contributed by atoms with Gasteiger partial charge in [-0.1, -0.05) is 30.3 Å². The lowest BCUT2D eigenvalue weighted by molar-refractivity contribution is -0.122. The summed E-state index contributed by atoms with van der Waals surface area (Å²) in [4.78, 5) is 16.0. The van der Waals surface area contributed by atoms with E-state index in [-0.39, 0.29) is 6.42 Å². The molecule has 1 aromatic heterocycles. The van der Waals surface area contributed by atoms with E-state index in [2.05, 4.69) is 10.3 Å². The Morgan fingerprint density at radius 3 is 2.73 bits per heavy atom. The molecule has 0 aliphatic carbocycles. The third-order valence-electron chi connectivity index (χ3n) is 2.98. The first-order valence-corrected chi connectivity index (χ1v) is 7.68. The van der Waals surface area contributed by atoms with Crippen molar-refractivity contribution in [1.82, 2.24) is 10.3 Å². The number of thiazole rings is 1. The molecular formula is C15H17F2N3OS. The van der Waals surface area contributed by atoms with E-state index in [4.69, 9.17) is 5.73 Å². The van der Waals surface area contributed by atoms with Gasteiger partial charge in [-0.05, 0) is 5.56 Å². The van der Waals surface area contributed by atoms with E-state index in [0.29, 0.717) is 12.1 Å². The lowest BCUT2D eigenvalue weighted by Gasteiger charge is -2.14. The van der Waals surface area contributed by atoms with Crippen LogP contribution >= 0.6 is 11.3 Å². The zero-order chi connectivity index (χ0) is 16.0. The summed E-state index contributed by atoms with van der Waals surface area (Å²) in [6, 6.07) is 9.85. The second-order valence-corrected chi connectivity index (χ2v) is 5.85. The molecule has 4 nitrogen and oxygen atoms in total. The molecule has 7 heteroatoms. The van der Waals surface area contributed by atoms with Crippen LogP contribution < -0.4 is 11.1 Å². The number of nitrogens with one attached hydrogen (secondary N) is 1.